The molecule has 0 spiro atoms. The minimum Gasteiger partial charge on any atom is -0.444 e. The first-order valence-corrected chi connectivity index (χ1v) is 5.67. The zero-order valence-electron chi connectivity index (χ0n) is 10.5. The van der Waals surface area contributed by atoms with Crippen molar-refractivity contribution in [3.63, 3.8) is 0 Å². The molecule has 0 heterocycles. The summed E-state index contributed by atoms with van der Waals surface area (Å²) in [4.78, 5) is 9.90. The molecule has 0 bridgehead atoms. The van der Waals surface area contributed by atoms with E-state index in [1.807, 2.05) is 0 Å². The van der Waals surface area contributed by atoms with Gasteiger partial charge in [0, 0.05) is 6.07 Å². The Balaban J connectivity index is 2.46. The summed E-state index contributed by atoms with van der Waals surface area (Å²) in [5.41, 5.74) is -2.11. The molecule has 0 atom stereocenters. The van der Waals surface area contributed by atoms with Crippen LogP contribution in [0.25, 0.3) is 0 Å². The fraction of sp³-hybridized carbons (Fsp3) is 0.0769. The van der Waals surface area contributed by atoms with Gasteiger partial charge in [-0.05, 0) is 18.2 Å². The number of nitrogens with zero attached hydrogens (tertiary/aromatic N) is 1. The van der Waals surface area contributed by atoms with Crippen LogP contribution in [0, 0.1) is 21.7 Å². The third kappa shape index (κ3) is 3.13. The Morgan fingerprint density at radius 3 is 2.09 bits per heavy atom. The largest absolute Gasteiger partial charge is 0.444 e. The van der Waals surface area contributed by atoms with Gasteiger partial charge in [0.25, 0.3) is 0 Å². The second kappa shape index (κ2) is 5.58. The Labute approximate surface area is 119 Å². The predicted molar refractivity (Wildman–Crippen MR) is 64.5 cm³/mol. The van der Waals surface area contributed by atoms with Crippen molar-refractivity contribution >= 4 is 5.69 Å². The highest BCUT2D eigenvalue weighted by Crippen LogP contribution is 2.37. The smallest absolute Gasteiger partial charge is 0.416 e. The van der Waals surface area contributed by atoms with Crippen LogP contribution in [0.1, 0.15) is 5.56 Å². The monoisotopic (exact) mass is 319 g/mol. The highest BCUT2D eigenvalue weighted by molar-refractivity contribution is 5.48. The molecule has 2 aromatic carbocycles. The van der Waals surface area contributed by atoms with Crippen LogP contribution in [-0.2, 0) is 6.18 Å². The highest BCUT2D eigenvalue weighted by Gasteiger charge is 2.33. The van der Waals surface area contributed by atoms with E-state index in [0.717, 1.165) is 12.1 Å². The third-order valence-electron chi connectivity index (χ3n) is 2.60. The number of halogens is 5. The summed E-state index contributed by atoms with van der Waals surface area (Å²) in [5.74, 6) is -4.89. The zero-order chi connectivity index (χ0) is 16.5. The van der Waals surface area contributed by atoms with Crippen molar-refractivity contribution in [2.24, 2.45) is 0 Å². The van der Waals surface area contributed by atoms with Crippen molar-refractivity contribution in [3.05, 3.63) is 63.7 Å². The molecule has 0 aliphatic heterocycles. The molecule has 0 aliphatic carbocycles. The standard InChI is InChI=1S/C13H6F5NO3/c14-8-5-7(13(16,17)18)6-9(15)12(8)22-11-4-2-1-3-10(11)19(20)21/h1-6H. The van der Waals surface area contributed by atoms with Gasteiger partial charge in [0.05, 0.1) is 10.5 Å². The number of nitro benzene ring substituents is 1. The summed E-state index contributed by atoms with van der Waals surface area (Å²) >= 11 is 0. The van der Waals surface area contributed by atoms with Crippen molar-refractivity contribution in [1.82, 2.24) is 0 Å². The lowest BCUT2D eigenvalue weighted by molar-refractivity contribution is -0.385. The lowest BCUT2D eigenvalue weighted by atomic mass is 10.2. The second-order valence-corrected chi connectivity index (χ2v) is 4.09. The van der Waals surface area contributed by atoms with E-state index in [1.54, 1.807) is 0 Å². The molecule has 22 heavy (non-hydrogen) atoms. The average Bonchev–Trinajstić information content (AvgIpc) is 2.41. The van der Waals surface area contributed by atoms with Crippen molar-refractivity contribution < 1.29 is 31.6 Å². The SMILES string of the molecule is O=[N+]([O-])c1ccccc1Oc1c(F)cc(C(F)(F)F)cc1F. The van der Waals surface area contributed by atoms with Gasteiger partial charge < -0.3 is 4.74 Å². The van der Waals surface area contributed by atoms with Gasteiger partial charge in [0.15, 0.2) is 17.4 Å². The van der Waals surface area contributed by atoms with Gasteiger partial charge in [-0.15, -0.1) is 0 Å². The minimum atomic E-state index is -4.93. The van der Waals surface area contributed by atoms with Crippen LogP contribution < -0.4 is 4.74 Å². The molecule has 0 N–H and O–H groups in total. The van der Waals surface area contributed by atoms with Crippen LogP contribution in [0.2, 0.25) is 0 Å². The summed E-state index contributed by atoms with van der Waals surface area (Å²) in [6.07, 6.45) is -4.93. The number of ether oxygens (including phenoxy) is 1. The third-order valence-corrected chi connectivity index (χ3v) is 2.60. The normalized spacial score (nSPS) is 11.3. The summed E-state index contributed by atoms with van der Waals surface area (Å²) in [6.45, 7) is 0. The van der Waals surface area contributed by atoms with E-state index < -0.39 is 45.5 Å². The van der Waals surface area contributed by atoms with Gasteiger partial charge in [0.1, 0.15) is 0 Å². The quantitative estimate of drug-likeness (QED) is 0.469. The first-order valence-electron chi connectivity index (χ1n) is 5.67. The summed E-state index contributed by atoms with van der Waals surface area (Å²) in [6, 6.07) is 4.79. The fourth-order valence-electron chi connectivity index (χ4n) is 1.63. The molecule has 0 aliphatic rings. The summed E-state index contributed by atoms with van der Waals surface area (Å²) in [5, 5.41) is 10.8. The van der Waals surface area contributed by atoms with E-state index in [-0.39, 0.29) is 12.1 Å². The Morgan fingerprint density at radius 1 is 1.05 bits per heavy atom. The fourth-order valence-corrected chi connectivity index (χ4v) is 1.63. The lowest BCUT2D eigenvalue weighted by Crippen LogP contribution is -2.07. The minimum absolute atomic E-state index is 0.0488. The van der Waals surface area contributed by atoms with E-state index in [2.05, 4.69) is 0 Å². The van der Waals surface area contributed by atoms with Gasteiger partial charge in [-0.3, -0.25) is 10.1 Å². The number of para-hydroxylation sites is 2. The molecular formula is C13H6F5NO3. The van der Waals surface area contributed by atoms with Crippen LogP contribution in [0.4, 0.5) is 27.6 Å². The number of benzene rings is 2. The first-order chi connectivity index (χ1) is 10.2. The number of alkyl halides is 3. The predicted octanol–water partition coefficient (Wildman–Crippen LogP) is 4.68. The van der Waals surface area contributed by atoms with E-state index >= 15 is 0 Å². The topological polar surface area (TPSA) is 52.4 Å². The zero-order valence-corrected chi connectivity index (χ0v) is 10.5. The Hall–Kier alpha value is -2.71. The molecule has 0 radical (unpaired) electrons. The molecule has 116 valence electrons. The molecule has 4 nitrogen and oxygen atoms in total. The Morgan fingerprint density at radius 2 is 1.59 bits per heavy atom. The maximum Gasteiger partial charge on any atom is 0.416 e. The maximum atomic E-state index is 13.6. The molecule has 0 aromatic heterocycles. The molecule has 0 unspecified atom stereocenters. The second-order valence-electron chi connectivity index (χ2n) is 4.09. The molecule has 9 heteroatoms. The number of rotatable bonds is 3. The number of hydrogen-bond acceptors (Lipinski definition) is 3. The number of hydrogen-bond donors (Lipinski definition) is 0. The van der Waals surface area contributed by atoms with E-state index in [4.69, 9.17) is 4.74 Å². The Kier molecular flexibility index (Phi) is 3.98. The van der Waals surface area contributed by atoms with Gasteiger partial charge in [-0.25, -0.2) is 8.78 Å². The van der Waals surface area contributed by atoms with Crippen molar-refractivity contribution in [2.45, 2.75) is 6.18 Å². The van der Waals surface area contributed by atoms with Gasteiger partial charge in [0.2, 0.25) is 5.75 Å². The molecule has 2 aromatic rings. The van der Waals surface area contributed by atoms with Crippen LogP contribution >= 0.6 is 0 Å². The van der Waals surface area contributed by atoms with Gasteiger partial charge >= 0.3 is 11.9 Å². The first kappa shape index (κ1) is 15.7. The van der Waals surface area contributed by atoms with Crippen LogP contribution in [0.5, 0.6) is 11.5 Å². The summed E-state index contributed by atoms with van der Waals surface area (Å²) < 4.78 is 69.2. The van der Waals surface area contributed by atoms with E-state index in [9.17, 15) is 32.1 Å². The van der Waals surface area contributed by atoms with E-state index in [1.165, 1.54) is 12.1 Å². The Bertz CT molecular complexity index is 707. The molecular weight excluding hydrogens is 313 g/mol. The average molecular weight is 319 g/mol. The lowest BCUT2D eigenvalue weighted by Gasteiger charge is -2.11. The van der Waals surface area contributed by atoms with Crippen molar-refractivity contribution in [2.75, 3.05) is 0 Å². The molecule has 0 fully saturated rings. The maximum absolute atomic E-state index is 13.6. The van der Waals surface area contributed by atoms with Crippen LogP contribution in [0.15, 0.2) is 36.4 Å². The molecule has 2 rings (SSSR count). The van der Waals surface area contributed by atoms with Crippen molar-refractivity contribution in [3.8, 4) is 11.5 Å². The molecule has 0 amide bonds. The van der Waals surface area contributed by atoms with Crippen molar-refractivity contribution in [1.29, 1.82) is 0 Å². The number of nitro groups is 1. The summed E-state index contributed by atoms with van der Waals surface area (Å²) in [7, 11) is 0. The molecule has 0 saturated heterocycles. The highest BCUT2D eigenvalue weighted by atomic mass is 19.4. The van der Waals surface area contributed by atoms with Crippen LogP contribution in [-0.4, -0.2) is 4.92 Å². The van der Waals surface area contributed by atoms with Gasteiger partial charge in [-0.2, -0.15) is 13.2 Å². The van der Waals surface area contributed by atoms with Crippen LogP contribution in [0.3, 0.4) is 0 Å². The van der Waals surface area contributed by atoms with E-state index in [0.29, 0.717) is 0 Å². The van der Waals surface area contributed by atoms with Gasteiger partial charge in [-0.1, -0.05) is 12.1 Å². The molecule has 0 saturated carbocycles.